The molecular formula is C25H31F6O5P. The van der Waals surface area contributed by atoms with Gasteiger partial charge in [-0.25, -0.2) is 4.79 Å². The molecule has 1 aliphatic carbocycles. The van der Waals surface area contributed by atoms with E-state index in [0.29, 0.717) is 12.0 Å². The van der Waals surface area contributed by atoms with Gasteiger partial charge in [-0.05, 0) is 42.2 Å². The highest BCUT2D eigenvalue weighted by Crippen LogP contribution is 2.58. The van der Waals surface area contributed by atoms with E-state index >= 15 is 0 Å². The molecule has 3 atom stereocenters. The summed E-state index contributed by atoms with van der Waals surface area (Å²) in [6.45, 7) is 1.41. The Labute approximate surface area is 212 Å². The lowest BCUT2D eigenvalue weighted by Gasteiger charge is -2.37. The van der Waals surface area contributed by atoms with Crippen molar-refractivity contribution in [2.75, 3.05) is 13.2 Å². The Morgan fingerprint density at radius 2 is 1.59 bits per heavy atom. The molecule has 0 bridgehead atoms. The maximum Gasteiger partial charge on any atom is 0.412 e. The number of carbonyl (C=O) groups is 1. The van der Waals surface area contributed by atoms with Crippen molar-refractivity contribution in [2.24, 2.45) is 17.8 Å². The van der Waals surface area contributed by atoms with Gasteiger partial charge in [-0.2, -0.15) is 26.3 Å². The Balaban J connectivity index is 2.47. The number of benzene rings is 1. The van der Waals surface area contributed by atoms with E-state index in [2.05, 4.69) is 9.05 Å². The summed E-state index contributed by atoms with van der Waals surface area (Å²) in [6.07, 6.45) is -5.32. The average molecular weight is 556 g/mol. The number of alkyl halides is 6. The van der Waals surface area contributed by atoms with Crippen LogP contribution in [0, 0.1) is 17.8 Å². The third-order valence-electron chi connectivity index (χ3n) is 5.86. The van der Waals surface area contributed by atoms with Gasteiger partial charge in [0.05, 0.1) is 0 Å². The Bertz CT molecular complexity index is 966. The first-order valence-corrected chi connectivity index (χ1v) is 13.3. The van der Waals surface area contributed by atoms with Crippen LogP contribution < -0.4 is 0 Å². The van der Waals surface area contributed by atoms with Gasteiger partial charge >= 0.3 is 25.9 Å². The average Bonchev–Trinajstić information content (AvgIpc) is 2.79. The molecule has 37 heavy (non-hydrogen) atoms. The summed E-state index contributed by atoms with van der Waals surface area (Å²) in [4.78, 5) is 13.2. The second kappa shape index (κ2) is 13.1. The SMILES string of the molecule is CC(C)[C@@H]1CC[C@@H](C)C[C@H]1OC(=O)/C(=C\C=C\c1ccccc1)P(=O)(OCC(F)(F)F)OCC(F)(F)F. The first kappa shape index (κ1) is 31.1. The largest absolute Gasteiger partial charge is 0.458 e. The molecule has 0 heterocycles. The number of halogens is 6. The summed E-state index contributed by atoms with van der Waals surface area (Å²) >= 11 is 0. The molecular weight excluding hydrogens is 525 g/mol. The molecule has 0 N–H and O–H groups in total. The monoisotopic (exact) mass is 556 g/mol. The number of ether oxygens (including phenoxy) is 1. The molecule has 1 fully saturated rings. The minimum atomic E-state index is -5.43. The molecule has 0 spiro atoms. The van der Waals surface area contributed by atoms with Crippen LogP contribution >= 0.6 is 7.60 Å². The quantitative estimate of drug-likeness (QED) is 0.0963. The van der Waals surface area contributed by atoms with E-state index in [1.807, 2.05) is 20.8 Å². The number of carbonyl (C=O) groups excluding carboxylic acids is 1. The zero-order chi connectivity index (χ0) is 27.9. The predicted octanol–water partition coefficient (Wildman–Crippen LogP) is 7.94. The number of rotatable bonds is 10. The van der Waals surface area contributed by atoms with Crippen molar-refractivity contribution < 1.29 is 49.5 Å². The second-order valence-electron chi connectivity index (χ2n) is 9.37. The molecule has 1 aromatic carbocycles. The van der Waals surface area contributed by atoms with E-state index in [4.69, 9.17) is 4.74 Å². The lowest BCUT2D eigenvalue weighted by Crippen LogP contribution is -2.36. The van der Waals surface area contributed by atoms with Crippen LogP contribution in [0.15, 0.2) is 47.8 Å². The standard InChI is InChI=1S/C25H31F6O5P/c1-17(2)20-13-12-18(3)14-21(20)36-23(32)22(11-7-10-19-8-5-4-6-9-19)37(33,34-15-24(26,27)28)35-16-25(29,30)31/h4-11,17-18,20-21H,12-16H2,1-3H3/b10-7+,22-11+/t18-,20+,21-/m1/s1. The maximum atomic E-state index is 13.4. The van der Waals surface area contributed by atoms with Gasteiger partial charge in [0.1, 0.15) is 11.4 Å². The molecule has 0 aliphatic heterocycles. The summed E-state index contributed by atoms with van der Waals surface area (Å²) < 4.78 is 105. The molecule has 0 amide bonds. The van der Waals surface area contributed by atoms with Crippen molar-refractivity contribution in [3.8, 4) is 0 Å². The van der Waals surface area contributed by atoms with Crippen molar-refractivity contribution in [3.63, 3.8) is 0 Å². The summed E-state index contributed by atoms with van der Waals surface area (Å²) in [5.74, 6) is -1.18. The van der Waals surface area contributed by atoms with Gasteiger partial charge in [-0.3, -0.25) is 13.6 Å². The van der Waals surface area contributed by atoms with Gasteiger partial charge < -0.3 is 4.74 Å². The normalized spacial score (nSPS) is 22.0. The lowest BCUT2D eigenvalue weighted by molar-refractivity contribution is -0.166. The molecule has 0 aromatic heterocycles. The number of esters is 1. The van der Waals surface area contributed by atoms with E-state index in [1.165, 1.54) is 6.08 Å². The van der Waals surface area contributed by atoms with Crippen molar-refractivity contribution in [2.45, 2.75) is 58.5 Å². The van der Waals surface area contributed by atoms with Crippen molar-refractivity contribution in [1.82, 2.24) is 0 Å². The fourth-order valence-corrected chi connectivity index (χ4v) is 5.56. The molecule has 5 nitrogen and oxygen atoms in total. The van der Waals surface area contributed by atoms with E-state index in [9.17, 15) is 35.7 Å². The summed E-state index contributed by atoms with van der Waals surface area (Å²) in [6, 6.07) is 8.45. The molecule has 1 aromatic rings. The maximum absolute atomic E-state index is 13.4. The van der Waals surface area contributed by atoms with Gasteiger partial charge in [-0.15, -0.1) is 0 Å². The fraction of sp³-hybridized carbons (Fsp3) is 0.560. The molecule has 208 valence electrons. The number of hydrogen-bond acceptors (Lipinski definition) is 5. The summed E-state index contributed by atoms with van der Waals surface area (Å²) in [5.41, 5.74) is 0.606. The Kier molecular flexibility index (Phi) is 11.0. The first-order chi connectivity index (χ1) is 17.1. The van der Waals surface area contributed by atoms with Gasteiger partial charge in [0.15, 0.2) is 13.2 Å². The van der Waals surface area contributed by atoms with Gasteiger partial charge in [0.2, 0.25) is 0 Å². The van der Waals surface area contributed by atoms with E-state index in [-0.39, 0.29) is 17.8 Å². The third-order valence-corrected chi connectivity index (χ3v) is 7.72. The third kappa shape index (κ3) is 10.7. The van der Waals surface area contributed by atoms with Gasteiger partial charge in [0.25, 0.3) is 0 Å². The van der Waals surface area contributed by atoms with Gasteiger partial charge in [0, 0.05) is 0 Å². The highest BCUT2D eigenvalue weighted by Gasteiger charge is 2.45. The molecule has 0 unspecified atom stereocenters. The van der Waals surface area contributed by atoms with E-state index in [0.717, 1.165) is 25.0 Å². The fourth-order valence-electron chi connectivity index (χ4n) is 4.03. The molecule has 12 heteroatoms. The van der Waals surface area contributed by atoms with E-state index < -0.39 is 50.5 Å². The summed E-state index contributed by atoms with van der Waals surface area (Å²) in [5, 5.41) is -1.05. The van der Waals surface area contributed by atoms with E-state index in [1.54, 1.807) is 30.3 Å². The van der Waals surface area contributed by atoms with Crippen LogP contribution in [0.1, 0.15) is 45.6 Å². The minimum Gasteiger partial charge on any atom is -0.458 e. The van der Waals surface area contributed by atoms with Crippen LogP contribution in [-0.2, 0) is 23.1 Å². The lowest BCUT2D eigenvalue weighted by atomic mass is 9.75. The molecule has 0 saturated heterocycles. The number of allylic oxidation sites excluding steroid dienone is 2. The van der Waals surface area contributed by atoms with Crippen LogP contribution in [-0.4, -0.2) is 37.6 Å². The smallest absolute Gasteiger partial charge is 0.412 e. The van der Waals surface area contributed by atoms with Gasteiger partial charge in [-0.1, -0.05) is 69.7 Å². The molecule has 2 rings (SSSR count). The molecule has 1 aliphatic rings. The van der Waals surface area contributed by atoms with Crippen molar-refractivity contribution in [1.29, 1.82) is 0 Å². The topological polar surface area (TPSA) is 61.8 Å². The molecule has 1 saturated carbocycles. The Morgan fingerprint density at radius 1 is 1.03 bits per heavy atom. The van der Waals surface area contributed by atoms with Crippen LogP contribution in [0.5, 0.6) is 0 Å². The minimum absolute atomic E-state index is 0.0884. The zero-order valence-corrected chi connectivity index (χ0v) is 21.6. The molecule has 0 radical (unpaired) electrons. The Morgan fingerprint density at radius 3 is 2.11 bits per heavy atom. The Hall–Kier alpha value is -2.10. The van der Waals surface area contributed by atoms with Crippen LogP contribution in [0.25, 0.3) is 6.08 Å². The highest BCUT2D eigenvalue weighted by atomic mass is 31.2. The summed E-state index contributed by atoms with van der Waals surface area (Å²) in [7, 11) is -5.43. The van der Waals surface area contributed by atoms with Crippen LogP contribution in [0.4, 0.5) is 26.3 Å². The predicted molar refractivity (Wildman–Crippen MR) is 126 cm³/mol. The van der Waals surface area contributed by atoms with Crippen molar-refractivity contribution >= 4 is 19.6 Å². The van der Waals surface area contributed by atoms with Crippen LogP contribution in [0.2, 0.25) is 0 Å². The number of hydrogen-bond donors (Lipinski definition) is 0. The zero-order valence-electron chi connectivity index (χ0n) is 20.7. The first-order valence-electron chi connectivity index (χ1n) is 11.8. The van der Waals surface area contributed by atoms with Crippen LogP contribution in [0.3, 0.4) is 0 Å². The highest BCUT2D eigenvalue weighted by molar-refractivity contribution is 7.60. The van der Waals surface area contributed by atoms with Crippen molar-refractivity contribution in [3.05, 3.63) is 53.4 Å². The second-order valence-corrected chi connectivity index (χ2v) is 11.4.